The molecule has 2 atom stereocenters. The fourth-order valence-electron chi connectivity index (χ4n) is 5.17. The Morgan fingerprint density at radius 1 is 1.15 bits per heavy atom. The zero-order valence-electron chi connectivity index (χ0n) is 18.3. The van der Waals surface area contributed by atoms with Crippen LogP contribution in [0.4, 0.5) is 8.78 Å². The Bertz CT molecular complexity index is 1170. The van der Waals surface area contributed by atoms with Crippen molar-refractivity contribution in [2.75, 3.05) is 6.61 Å². The molecule has 3 N–H and O–H groups in total. The molecule has 10 heteroatoms. The van der Waals surface area contributed by atoms with Gasteiger partial charge in [0.05, 0.1) is 11.1 Å². The van der Waals surface area contributed by atoms with Crippen molar-refractivity contribution in [2.24, 2.45) is 0 Å². The maximum Gasteiger partial charge on any atom is 0.261 e. The molecule has 2 amide bonds. The number of hydrogen-bond donors (Lipinski definition) is 3. The smallest absolute Gasteiger partial charge is 0.261 e. The fourth-order valence-corrected chi connectivity index (χ4v) is 5.28. The van der Waals surface area contributed by atoms with E-state index in [1.807, 2.05) is 0 Å². The molecule has 0 radical (unpaired) electrons. The number of carbonyl (C=O) groups is 2. The van der Waals surface area contributed by atoms with Crippen LogP contribution >= 0.6 is 11.6 Å². The van der Waals surface area contributed by atoms with Crippen molar-refractivity contribution in [3.8, 4) is 11.5 Å². The number of ether oxygens (including phenoxy) is 2. The highest BCUT2D eigenvalue weighted by atomic mass is 35.5. The van der Waals surface area contributed by atoms with Crippen LogP contribution in [0.15, 0.2) is 30.3 Å². The van der Waals surface area contributed by atoms with E-state index in [0.717, 1.165) is 6.07 Å². The Morgan fingerprint density at radius 3 is 2.56 bits per heavy atom. The van der Waals surface area contributed by atoms with Gasteiger partial charge in [0.25, 0.3) is 11.8 Å². The van der Waals surface area contributed by atoms with E-state index >= 15 is 0 Å². The first kappa shape index (κ1) is 22.9. The summed E-state index contributed by atoms with van der Waals surface area (Å²) in [5.74, 6) is -1.24. The summed E-state index contributed by atoms with van der Waals surface area (Å²) in [6.07, 6.45) is -0.139. The summed E-state index contributed by atoms with van der Waals surface area (Å²) >= 11 is 5.63. The molecule has 7 nitrogen and oxygen atoms in total. The molecule has 0 spiro atoms. The summed E-state index contributed by atoms with van der Waals surface area (Å²) < 4.78 is 38.3. The van der Waals surface area contributed by atoms with Crippen molar-refractivity contribution < 1.29 is 33.0 Å². The zero-order chi connectivity index (χ0) is 24.3. The Hall–Kier alpha value is -2.91. The molecule has 3 fully saturated rings. The van der Waals surface area contributed by atoms with Crippen LogP contribution in [0.3, 0.4) is 0 Å². The average molecular weight is 493 g/mol. The van der Waals surface area contributed by atoms with Gasteiger partial charge in [-0.2, -0.15) is 0 Å². The predicted octanol–water partition coefficient (Wildman–Crippen LogP) is 3.10. The summed E-state index contributed by atoms with van der Waals surface area (Å²) in [4.78, 5) is 25.1. The normalized spacial score (nSPS) is 28.5. The lowest BCUT2D eigenvalue weighted by Gasteiger charge is -2.70. The van der Waals surface area contributed by atoms with Gasteiger partial charge in [0.2, 0.25) is 0 Å². The number of fused-ring (bicyclic) bond motifs is 1. The molecule has 2 bridgehead atoms. The van der Waals surface area contributed by atoms with Gasteiger partial charge in [-0.1, -0.05) is 11.6 Å². The number of rotatable bonds is 6. The average Bonchev–Trinajstić information content (AvgIpc) is 2.73. The molecule has 3 aliphatic carbocycles. The SMILES string of the molecule is Cc1cc2c(cc1F)[C@H](O)C[C@H](C(=O)NC13CC(NC(=O)COc4ccc(Cl)c(F)c4)(C1)C3)O2. The van der Waals surface area contributed by atoms with E-state index < -0.39 is 34.9 Å². The van der Waals surface area contributed by atoms with Gasteiger partial charge in [0.15, 0.2) is 12.7 Å². The maximum absolute atomic E-state index is 13.8. The van der Waals surface area contributed by atoms with Crippen LogP contribution in [0.5, 0.6) is 11.5 Å². The number of halogens is 3. The van der Waals surface area contributed by atoms with Crippen molar-refractivity contribution in [3.63, 3.8) is 0 Å². The number of hydrogen-bond acceptors (Lipinski definition) is 5. The van der Waals surface area contributed by atoms with Gasteiger partial charge in [-0.15, -0.1) is 0 Å². The second kappa shape index (κ2) is 8.09. The number of nitrogens with one attached hydrogen (secondary N) is 2. The fraction of sp³-hybridized carbons (Fsp3) is 0.417. The van der Waals surface area contributed by atoms with Crippen molar-refractivity contribution >= 4 is 23.4 Å². The Morgan fingerprint density at radius 2 is 1.85 bits per heavy atom. The third-order valence-electron chi connectivity index (χ3n) is 6.73. The third kappa shape index (κ3) is 4.07. The van der Waals surface area contributed by atoms with Gasteiger partial charge in [0, 0.05) is 29.1 Å². The lowest BCUT2D eigenvalue weighted by atomic mass is 9.44. The summed E-state index contributed by atoms with van der Waals surface area (Å²) in [5, 5.41) is 16.2. The van der Waals surface area contributed by atoms with Crippen LogP contribution in [-0.4, -0.2) is 40.7 Å². The lowest BCUT2D eigenvalue weighted by molar-refractivity contribution is -0.155. The number of benzene rings is 2. The minimum absolute atomic E-state index is 0.0284. The van der Waals surface area contributed by atoms with E-state index in [9.17, 15) is 23.5 Å². The molecule has 180 valence electrons. The maximum atomic E-state index is 13.8. The first-order valence-electron chi connectivity index (χ1n) is 10.9. The number of aliphatic hydroxyl groups is 1. The Labute approximate surface area is 199 Å². The topological polar surface area (TPSA) is 96.9 Å². The first-order chi connectivity index (χ1) is 16.1. The van der Waals surface area contributed by atoms with Gasteiger partial charge in [-0.3, -0.25) is 9.59 Å². The van der Waals surface area contributed by atoms with E-state index in [0.29, 0.717) is 36.1 Å². The van der Waals surface area contributed by atoms with Gasteiger partial charge in [-0.05, 0) is 56.0 Å². The minimum Gasteiger partial charge on any atom is -0.484 e. The molecule has 6 rings (SSSR count). The molecule has 0 aromatic heterocycles. The molecule has 3 saturated carbocycles. The van der Waals surface area contributed by atoms with Gasteiger partial charge >= 0.3 is 0 Å². The summed E-state index contributed by atoms with van der Waals surface area (Å²) in [5.41, 5.74) is -0.109. The quantitative estimate of drug-likeness (QED) is 0.576. The van der Waals surface area contributed by atoms with Crippen LogP contribution in [-0.2, 0) is 9.59 Å². The minimum atomic E-state index is -0.998. The Kier molecular flexibility index (Phi) is 5.44. The van der Waals surface area contributed by atoms with Crippen molar-refractivity contribution in [1.29, 1.82) is 0 Å². The monoisotopic (exact) mass is 492 g/mol. The molecule has 2 aromatic rings. The van der Waals surface area contributed by atoms with E-state index in [1.165, 1.54) is 24.3 Å². The largest absolute Gasteiger partial charge is 0.484 e. The lowest BCUT2D eigenvalue weighted by Crippen LogP contribution is -2.84. The van der Waals surface area contributed by atoms with E-state index in [-0.39, 0.29) is 35.6 Å². The molecular formula is C24H23ClF2N2O5. The second-order valence-electron chi connectivity index (χ2n) is 9.49. The second-order valence-corrected chi connectivity index (χ2v) is 9.90. The summed E-state index contributed by atoms with van der Waals surface area (Å²) in [6.45, 7) is 1.32. The van der Waals surface area contributed by atoms with E-state index in [2.05, 4.69) is 10.6 Å². The molecule has 1 aliphatic heterocycles. The standard InChI is InChI=1S/C24H23ClF2N2O5/c1-12-4-19-14(6-16(12)26)18(30)7-20(34-19)22(32)29-24-9-23(10-24,11-24)28-21(31)8-33-13-2-3-15(25)17(27)5-13/h2-6,18,20,30H,7-11H2,1H3,(H,28,31)(H,29,32)/t18-,20-,23?,24?/m1/s1. The van der Waals surface area contributed by atoms with Gasteiger partial charge in [0.1, 0.15) is 23.1 Å². The molecule has 34 heavy (non-hydrogen) atoms. The highest BCUT2D eigenvalue weighted by molar-refractivity contribution is 6.30. The molecule has 0 unspecified atom stereocenters. The van der Waals surface area contributed by atoms with Crippen LogP contribution in [0.25, 0.3) is 0 Å². The molecule has 4 aliphatic rings. The van der Waals surface area contributed by atoms with E-state index in [4.69, 9.17) is 21.1 Å². The molecule has 1 heterocycles. The van der Waals surface area contributed by atoms with Crippen LogP contribution in [0, 0.1) is 18.6 Å². The highest BCUT2D eigenvalue weighted by Gasteiger charge is 2.69. The Balaban J connectivity index is 1.11. The number of carbonyl (C=O) groups excluding carboxylic acids is 2. The third-order valence-corrected chi connectivity index (χ3v) is 7.04. The van der Waals surface area contributed by atoms with Crippen molar-refractivity contribution in [2.45, 2.75) is 55.9 Å². The van der Waals surface area contributed by atoms with Gasteiger partial charge < -0.3 is 25.2 Å². The van der Waals surface area contributed by atoms with Crippen molar-refractivity contribution in [1.82, 2.24) is 10.6 Å². The van der Waals surface area contributed by atoms with Crippen molar-refractivity contribution in [3.05, 3.63) is 58.1 Å². The van der Waals surface area contributed by atoms with Crippen LogP contribution in [0.2, 0.25) is 5.02 Å². The number of aliphatic hydroxyl groups excluding tert-OH is 1. The zero-order valence-corrected chi connectivity index (χ0v) is 19.0. The summed E-state index contributed by atoms with van der Waals surface area (Å²) in [7, 11) is 0. The number of aryl methyl sites for hydroxylation is 1. The summed E-state index contributed by atoms with van der Waals surface area (Å²) in [6, 6.07) is 6.67. The predicted molar refractivity (Wildman–Crippen MR) is 118 cm³/mol. The highest BCUT2D eigenvalue weighted by Crippen LogP contribution is 2.60. The van der Waals surface area contributed by atoms with Crippen LogP contribution < -0.4 is 20.1 Å². The van der Waals surface area contributed by atoms with E-state index in [1.54, 1.807) is 6.92 Å². The first-order valence-corrected chi connectivity index (χ1v) is 11.3. The molecular weight excluding hydrogens is 470 g/mol. The number of amides is 2. The van der Waals surface area contributed by atoms with Gasteiger partial charge in [-0.25, -0.2) is 8.78 Å². The molecule has 2 aromatic carbocycles. The van der Waals surface area contributed by atoms with Crippen LogP contribution in [0.1, 0.15) is 42.9 Å². The molecule has 0 saturated heterocycles.